The smallest absolute Gasteiger partial charge is 0.226 e. The van der Waals surface area contributed by atoms with Crippen molar-refractivity contribution in [3.63, 3.8) is 0 Å². The van der Waals surface area contributed by atoms with E-state index in [1.54, 1.807) is 7.11 Å². The lowest BCUT2D eigenvalue weighted by Gasteiger charge is -2.12. The van der Waals surface area contributed by atoms with Gasteiger partial charge in [-0.1, -0.05) is 23.7 Å². The molecule has 0 radical (unpaired) electrons. The Bertz CT molecular complexity index is 404. The highest BCUT2D eigenvalue weighted by Crippen LogP contribution is 2.59. The first-order chi connectivity index (χ1) is 7.60. The number of hydrogen-bond acceptors (Lipinski definition) is 2. The fourth-order valence-corrected chi connectivity index (χ4v) is 2.32. The van der Waals surface area contributed by atoms with Crippen LogP contribution < -0.4 is 5.73 Å². The first-order valence-electron chi connectivity index (χ1n) is 5.14. The van der Waals surface area contributed by atoms with Crippen molar-refractivity contribution in [2.24, 2.45) is 11.1 Å². The maximum absolute atomic E-state index is 11.4. The van der Waals surface area contributed by atoms with Crippen LogP contribution in [-0.2, 0) is 9.53 Å². The molecule has 0 saturated heterocycles. The van der Waals surface area contributed by atoms with Gasteiger partial charge in [-0.15, -0.1) is 0 Å². The van der Waals surface area contributed by atoms with Gasteiger partial charge in [0.05, 0.1) is 12.0 Å². The molecule has 1 aliphatic rings. The number of halogens is 1. The monoisotopic (exact) mass is 239 g/mol. The Morgan fingerprint density at radius 1 is 1.56 bits per heavy atom. The van der Waals surface area contributed by atoms with Gasteiger partial charge >= 0.3 is 0 Å². The molecule has 16 heavy (non-hydrogen) atoms. The van der Waals surface area contributed by atoms with E-state index < -0.39 is 5.41 Å². The molecule has 4 heteroatoms. The molecule has 0 spiro atoms. The molecule has 0 bridgehead atoms. The Labute approximate surface area is 99.5 Å². The third-order valence-electron chi connectivity index (χ3n) is 3.24. The Morgan fingerprint density at radius 2 is 2.19 bits per heavy atom. The SMILES string of the molecule is COCC1(C(N)=O)CC1c1ccc(Cl)cc1. The van der Waals surface area contributed by atoms with Gasteiger partial charge in [-0.3, -0.25) is 4.79 Å². The zero-order valence-corrected chi connectivity index (χ0v) is 9.83. The van der Waals surface area contributed by atoms with E-state index >= 15 is 0 Å². The number of methoxy groups -OCH3 is 1. The zero-order valence-electron chi connectivity index (χ0n) is 9.07. The molecule has 2 N–H and O–H groups in total. The molecule has 2 unspecified atom stereocenters. The van der Waals surface area contributed by atoms with Crippen molar-refractivity contribution in [1.29, 1.82) is 0 Å². The molecule has 0 aromatic heterocycles. The molecule has 3 nitrogen and oxygen atoms in total. The van der Waals surface area contributed by atoms with Gasteiger partial charge in [0.25, 0.3) is 0 Å². The highest BCUT2D eigenvalue weighted by atomic mass is 35.5. The van der Waals surface area contributed by atoms with E-state index in [1.165, 1.54) is 0 Å². The van der Waals surface area contributed by atoms with E-state index in [2.05, 4.69) is 0 Å². The van der Waals surface area contributed by atoms with Crippen molar-refractivity contribution in [2.45, 2.75) is 12.3 Å². The first kappa shape index (κ1) is 11.4. The number of ether oxygens (including phenoxy) is 1. The summed E-state index contributed by atoms with van der Waals surface area (Å²) in [5.41, 5.74) is 6.02. The van der Waals surface area contributed by atoms with Crippen molar-refractivity contribution < 1.29 is 9.53 Å². The van der Waals surface area contributed by atoms with E-state index in [9.17, 15) is 4.79 Å². The van der Waals surface area contributed by atoms with Gasteiger partial charge in [-0.05, 0) is 24.1 Å². The van der Waals surface area contributed by atoms with Crippen LogP contribution in [0.2, 0.25) is 5.02 Å². The van der Waals surface area contributed by atoms with Crippen LogP contribution in [0.5, 0.6) is 0 Å². The van der Waals surface area contributed by atoms with Crippen LogP contribution >= 0.6 is 11.6 Å². The number of carbonyl (C=O) groups is 1. The average molecular weight is 240 g/mol. The quantitative estimate of drug-likeness (QED) is 0.873. The molecule has 0 aliphatic heterocycles. The van der Waals surface area contributed by atoms with Crippen LogP contribution in [0.1, 0.15) is 17.9 Å². The second-order valence-corrected chi connectivity index (χ2v) is 4.70. The molecular weight excluding hydrogens is 226 g/mol. The predicted octanol–water partition coefficient (Wildman–Crippen LogP) is 1.95. The Balaban J connectivity index is 2.19. The van der Waals surface area contributed by atoms with Crippen LogP contribution in [0.4, 0.5) is 0 Å². The molecule has 1 aromatic carbocycles. The summed E-state index contributed by atoms with van der Waals surface area (Å²) < 4.78 is 5.08. The van der Waals surface area contributed by atoms with Crippen LogP contribution in [-0.4, -0.2) is 19.6 Å². The number of hydrogen-bond donors (Lipinski definition) is 1. The predicted molar refractivity (Wildman–Crippen MR) is 62.3 cm³/mol. The maximum Gasteiger partial charge on any atom is 0.226 e. The van der Waals surface area contributed by atoms with Crippen molar-refractivity contribution in [3.8, 4) is 0 Å². The molecule has 0 heterocycles. The fourth-order valence-electron chi connectivity index (χ4n) is 2.20. The van der Waals surface area contributed by atoms with Crippen LogP contribution in [0.15, 0.2) is 24.3 Å². The lowest BCUT2D eigenvalue weighted by atomic mass is 9.99. The summed E-state index contributed by atoms with van der Waals surface area (Å²) in [4.78, 5) is 11.4. The topological polar surface area (TPSA) is 52.3 Å². The van der Waals surface area contributed by atoms with Gasteiger partial charge in [-0.25, -0.2) is 0 Å². The highest BCUT2D eigenvalue weighted by Gasteiger charge is 2.59. The number of nitrogens with two attached hydrogens (primary N) is 1. The number of carbonyl (C=O) groups excluding carboxylic acids is 1. The normalized spacial score (nSPS) is 27.8. The van der Waals surface area contributed by atoms with Gasteiger partial charge < -0.3 is 10.5 Å². The zero-order chi connectivity index (χ0) is 11.8. The number of primary amides is 1. The highest BCUT2D eigenvalue weighted by molar-refractivity contribution is 6.30. The van der Waals surface area contributed by atoms with Gasteiger partial charge in [0.1, 0.15) is 0 Å². The lowest BCUT2D eigenvalue weighted by Crippen LogP contribution is -2.30. The van der Waals surface area contributed by atoms with Crippen LogP contribution in [0.25, 0.3) is 0 Å². The summed E-state index contributed by atoms with van der Waals surface area (Å²) in [6.07, 6.45) is 0.762. The Hall–Kier alpha value is -1.06. The number of rotatable bonds is 4. The van der Waals surface area contributed by atoms with E-state index in [-0.39, 0.29) is 11.8 Å². The molecule has 1 aromatic rings. The average Bonchev–Trinajstić information content (AvgIpc) is 2.96. The Morgan fingerprint density at radius 3 is 2.69 bits per heavy atom. The fraction of sp³-hybridized carbons (Fsp3) is 0.417. The molecular formula is C12H14ClNO2. The molecule has 86 valence electrons. The molecule has 1 saturated carbocycles. The number of benzene rings is 1. The van der Waals surface area contributed by atoms with Crippen LogP contribution in [0.3, 0.4) is 0 Å². The first-order valence-corrected chi connectivity index (χ1v) is 5.52. The minimum Gasteiger partial charge on any atom is -0.384 e. The third kappa shape index (κ3) is 1.81. The van der Waals surface area contributed by atoms with E-state index in [4.69, 9.17) is 22.1 Å². The summed E-state index contributed by atoms with van der Waals surface area (Å²) in [7, 11) is 1.59. The summed E-state index contributed by atoms with van der Waals surface area (Å²) in [5.74, 6) is -0.114. The molecule has 1 aliphatic carbocycles. The van der Waals surface area contributed by atoms with E-state index in [1.807, 2.05) is 24.3 Å². The second-order valence-electron chi connectivity index (χ2n) is 4.26. The van der Waals surface area contributed by atoms with Gasteiger partial charge in [-0.2, -0.15) is 0 Å². The van der Waals surface area contributed by atoms with Gasteiger partial charge in [0.2, 0.25) is 5.91 Å². The van der Waals surface area contributed by atoms with Crippen molar-refractivity contribution in [1.82, 2.24) is 0 Å². The van der Waals surface area contributed by atoms with E-state index in [0.29, 0.717) is 11.6 Å². The van der Waals surface area contributed by atoms with Gasteiger partial charge in [0, 0.05) is 18.1 Å². The van der Waals surface area contributed by atoms with Crippen molar-refractivity contribution >= 4 is 17.5 Å². The summed E-state index contributed by atoms with van der Waals surface area (Å²) >= 11 is 5.82. The van der Waals surface area contributed by atoms with Crippen molar-refractivity contribution in [2.75, 3.05) is 13.7 Å². The lowest BCUT2D eigenvalue weighted by molar-refractivity contribution is -0.125. The summed E-state index contributed by atoms with van der Waals surface area (Å²) in [6.45, 7) is 0.385. The standard InChI is InChI=1S/C12H14ClNO2/c1-16-7-12(11(14)15)6-10(12)8-2-4-9(13)5-3-8/h2-5,10H,6-7H2,1H3,(H2,14,15). The molecule has 2 rings (SSSR count). The van der Waals surface area contributed by atoms with Crippen molar-refractivity contribution in [3.05, 3.63) is 34.9 Å². The second kappa shape index (κ2) is 4.07. The Kier molecular flexibility index (Phi) is 2.91. The van der Waals surface area contributed by atoms with Gasteiger partial charge in [0.15, 0.2) is 0 Å². The van der Waals surface area contributed by atoms with Crippen LogP contribution in [0, 0.1) is 5.41 Å². The largest absolute Gasteiger partial charge is 0.384 e. The minimum absolute atomic E-state index is 0.169. The molecule has 1 fully saturated rings. The molecule has 1 amide bonds. The maximum atomic E-state index is 11.4. The minimum atomic E-state index is -0.511. The molecule has 2 atom stereocenters. The summed E-state index contributed by atoms with van der Waals surface area (Å²) in [6, 6.07) is 7.53. The number of amides is 1. The van der Waals surface area contributed by atoms with E-state index in [0.717, 1.165) is 12.0 Å². The summed E-state index contributed by atoms with van der Waals surface area (Å²) in [5, 5.41) is 0.695. The third-order valence-corrected chi connectivity index (χ3v) is 3.49.